The van der Waals surface area contributed by atoms with Gasteiger partial charge in [0.05, 0.1) is 0 Å². The van der Waals surface area contributed by atoms with Crippen LogP contribution >= 0.6 is 0 Å². The van der Waals surface area contributed by atoms with Crippen LogP contribution in [0.4, 0.5) is 8.78 Å². The standard InChI is InChI=1S/C8H12F2N2O/c1-5-6(2)12(3)11-7(5)8(9,10)13-4/h1-4H3. The van der Waals surface area contributed by atoms with E-state index in [1.165, 1.54) is 4.68 Å². The molecule has 0 saturated heterocycles. The maximum atomic E-state index is 13.0. The fraction of sp³-hybridized carbons (Fsp3) is 0.625. The van der Waals surface area contributed by atoms with E-state index in [9.17, 15) is 8.78 Å². The van der Waals surface area contributed by atoms with Crippen LogP contribution in [0.5, 0.6) is 0 Å². The predicted molar refractivity (Wildman–Crippen MR) is 43.6 cm³/mol. The number of aromatic nitrogens is 2. The van der Waals surface area contributed by atoms with Gasteiger partial charge in [0, 0.05) is 25.4 Å². The van der Waals surface area contributed by atoms with Gasteiger partial charge >= 0.3 is 6.11 Å². The van der Waals surface area contributed by atoms with Crippen LogP contribution in [-0.2, 0) is 17.9 Å². The number of ether oxygens (including phenoxy) is 1. The largest absolute Gasteiger partial charge is 0.401 e. The van der Waals surface area contributed by atoms with Crippen LogP contribution in [0.3, 0.4) is 0 Å². The lowest BCUT2D eigenvalue weighted by molar-refractivity contribution is -0.234. The Bertz CT molecular complexity index is 320. The monoisotopic (exact) mass is 190 g/mol. The van der Waals surface area contributed by atoms with Crippen LogP contribution in [-0.4, -0.2) is 16.9 Å². The van der Waals surface area contributed by atoms with Crippen LogP contribution in [0.15, 0.2) is 0 Å². The van der Waals surface area contributed by atoms with Crippen LogP contribution in [0.1, 0.15) is 17.0 Å². The maximum Gasteiger partial charge on any atom is 0.401 e. The highest BCUT2D eigenvalue weighted by Gasteiger charge is 2.37. The summed E-state index contributed by atoms with van der Waals surface area (Å²) in [6, 6.07) is 0. The van der Waals surface area contributed by atoms with E-state index in [0.29, 0.717) is 11.3 Å². The van der Waals surface area contributed by atoms with E-state index in [0.717, 1.165) is 7.11 Å². The number of rotatable bonds is 2. The van der Waals surface area contributed by atoms with Gasteiger partial charge in [-0.1, -0.05) is 0 Å². The summed E-state index contributed by atoms with van der Waals surface area (Å²) < 4.78 is 31.6. The summed E-state index contributed by atoms with van der Waals surface area (Å²) in [5, 5.41) is 3.69. The minimum atomic E-state index is -3.30. The average molecular weight is 190 g/mol. The molecule has 0 radical (unpaired) electrons. The van der Waals surface area contributed by atoms with E-state index >= 15 is 0 Å². The van der Waals surface area contributed by atoms with E-state index in [-0.39, 0.29) is 5.69 Å². The third kappa shape index (κ3) is 1.56. The van der Waals surface area contributed by atoms with E-state index in [2.05, 4.69) is 9.84 Å². The lowest BCUT2D eigenvalue weighted by Crippen LogP contribution is -2.17. The number of aryl methyl sites for hydroxylation is 1. The van der Waals surface area contributed by atoms with E-state index in [1.54, 1.807) is 20.9 Å². The van der Waals surface area contributed by atoms with E-state index in [4.69, 9.17) is 0 Å². The Morgan fingerprint density at radius 2 is 1.92 bits per heavy atom. The van der Waals surface area contributed by atoms with Crippen molar-refractivity contribution in [2.75, 3.05) is 7.11 Å². The molecule has 1 aromatic rings. The first-order chi connectivity index (χ1) is 5.90. The summed E-state index contributed by atoms with van der Waals surface area (Å²) in [7, 11) is 2.58. The van der Waals surface area contributed by atoms with Gasteiger partial charge < -0.3 is 4.74 Å². The predicted octanol–water partition coefficient (Wildman–Crippen LogP) is 1.73. The lowest BCUT2D eigenvalue weighted by Gasteiger charge is -2.11. The van der Waals surface area contributed by atoms with Gasteiger partial charge in [0.15, 0.2) is 5.69 Å². The molecule has 0 atom stereocenters. The molecule has 13 heavy (non-hydrogen) atoms. The third-order valence-corrected chi connectivity index (χ3v) is 2.17. The molecule has 0 N–H and O–H groups in total. The molecule has 1 rings (SSSR count). The Morgan fingerprint density at radius 1 is 1.38 bits per heavy atom. The van der Waals surface area contributed by atoms with Crippen molar-refractivity contribution in [3.63, 3.8) is 0 Å². The van der Waals surface area contributed by atoms with Crippen LogP contribution in [0.2, 0.25) is 0 Å². The van der Waals surface area contributed by atoms with Crippen molar-refractivity contribution in [1.29, 1.82) is 0 Å². The second kappa shape index (κ2) is 3.06. The zero-order valence-corrected chi connectivity index (χ0v) is 8.06. The summed E-state index contributed by atoms with van der Waals surface area (Å²) in [5.41, 5.74) is 0.871. The molecule has 0 saturated carbocycles. The normalized spacial score (nSPS) is 12.2. The van der Waals surface area contributed by atoms with Gasteiger partial charge in [0.2, 0.25) is 0 Å². The molecular formula is C8H12F2N2O. The summed E-state index contributed by atoms with van der Waals surface area (Å²) in [4.78, 5) is 0. The summed E-state index contributed by atoms with van der Waals surface area (Å²) in [6.07, 6.45) is -3.30. The number of halogens is 2. The summed E-state index contributed by atoms with van der Waals surface area (Å²) >= 11 is 0. The van der Waals surface area contributed by atoms with Crippen molar-refractivity contribution >= 4 is 0 Å². The summed E-state index contributed by atoms with van der Waals surface area (Å²) in [6.45, 7) is 3.34. The first-order valence-electron chi connectivity index (χ1n) is 3.83. The van der Waals surface area contributed by atoms with Crippen molar-refractivity contribution in [2.45, 2.75) is 20.0 Å². The number of nitrogens with zero attached hydrogens (tertiary/aromatic N) is 2. The van der Waals surface area contributed by atoms with Crippen LogP contribution in [0.25, 0.3) is 0 Å². The highest BCUT2D eigenvalue weighted by molar-refractivity contribution is 5.25. The molecule has 3 nitrogen and oxygen atoms in total. The molecule has 0 amide bonds. The zero-order chi connectivity index (χ0) is 10.2. The number of hydrogen-bond acceptors (Lipinski definition) is 2. The van der Waals surface area contributed by atoms with Crippen molar-refractivity contribution in [2.24, 2.45) is 7.05 Å². The Hall–Kier alpha value is -0.970. The fourth-order valence-electron chi connectivity index (χ4n) is 1.09. The Kier molecular flexibility index (Phi) is 2.38. The van der Waals surface area contributed by atoms with Gasteiger partial charge in [-0.25, -0.2) is 0 Å². The highest BCUT2D eigenvalue weighted by atomic mass is 19.3. The maximum absolute atomic E-state index is 13.0. The lowest BCUT2D eigenvalue weighted by atomic mass is 10.2. The Labute approximate surface area is 75.3 Å². The van der Waals surface area contributed by atoms with E-state index in [1.807, 2.05) is 0 Å². The molecule has 74 valence electrons. The molecule has 5 heteroatoms. The van der Waals surface area contributed by atoms with Gasteiger partial charge in [0.1, 0.15) is 0 Å². The van der Waals surface area contributed by atoms with Gasteiger partial charge in [0.25, 0.3) is 0 Å². The number of alkyl halides is 2. The van der Waals surface area contributed by atoms with Gasteiger partial charge in [-0.05, 0) is 13.8 Å². The molecule has 0 spiro atoms. The highest BCUT2D eigenvalue weighted by Crippen LogP contribution is 2.30. The average Bonchev–Trinajstić information content (AvgIpc) is 2.33. The first-order valence-corrected chi connectivity index (χ1v) is 3.83. The molecule has 1 aromatic heterocycles. The van der Waals surface area contributed by atoms with Crippen molar-refractivity contribution in [3.05, 3.63) is 17.0 Å². The Balaban J connectivity index is 3.23. The summed E-state index contributed by atoms with van der Waals surface area (Å²) in [5.74, 6) is 0. The van der Waals surface area contributed by atoms with Gasteiger partial charge in [-0.15, -0.1) is 0 Å². The molecule has 0 aromatic carbocycles. The SMILES string of the molecule is COC(F)(F)c1nn(C)c(C)c1C. The quantitative estimate of drug-likeness (QED) is 0.710. The second-order valence-electron chi connectivity index (χ2n) is 2.90. The molecule has 0 bridgehead atoms. The smallest absolute Gasteiger partial charge is 0.319 e. The minimum Gasteiger partial charge on any atom is -0.319 e. The third-order valence-electron chi connectivity index (χ3n) is 2.17. The number of methoxy groups -OCH3 is 1. The minimum absolute atomic E-state index is 0.310. The van der Waals surface area contributed by atoms with Crippen molar-refractivity contribution in [3.8, 4) is 0 Å². The topological polar surface area (TPSA) is 27.1 Å². The van der Waals surface area contributed by atoms with E-state index < -0.39 is 6.11 Å². The second-order valence-corrected chi connectivity index (χ2v) is 2.90. The van der Waals surface area contributed by atoms with Gasteiger partial charge in [-0.3, -0.25) is 4.68 Å². The molecule has 0 aliphatic carbocycles. The Morgan fingerprint density at radius 3 is 2.23 bits per heavy atom. The molecule has 0 aliphatic rings. The van der Waals surface area contributed by atoms with Crippen molar-refractivity contribution < 1.29 is 13.5 Å². The van der Waals surface area contributed by atoms with Crippen LogP contribution in [0, 0.1) is 13.8 Å². The fourth-order valence-corrected chi connectivity index (χ4v) is 1.09. The van der Waals surface area contributed by atoms with Crippen molar-refractivity contribution in [1.82, 2.24) is 9.78 Å². The van der Waals surface area contributed by atoms with Gasteiger partial charge in [-0.2, -0.15) is 13.9 Å². The number of hydrogen-bond donors (Lipinski definition) is 0. The molecule has 1 heterocycles. The molecule has 0 aliphatic heterocycles. The zero-order valence-electron chi connectivity index (χ0n) is 8.06. The molecule has 0 fully saturated rings. The van der Waals surface area contributed by atoms with Crippen LogP contribution < -0.4 is 0 Å². The first kappa shape index (κ1) is 10.1. The molecular weight excluding hydrogens is 178 g/mol. The molecule has 0 unspecified atom stereocenters.